The zero-order chi connectivity index (χ0) is 27.9. The third-order valence-electron chi connectivity index (χ3n) is 9.18. The van der Waals surface area contributed by atoms with Crippen LogP contribution in [0.15, 0.2) is 91.0 Å². The molecule has 3 nitrogen and oxygen atoms in total. The van der Waals surface area contributed by atoms with Crippen molar-refractivity contribution in [2.75, 3.05) is 6.54 Å². The molecular formula is C37H44N2O. The Balaban J connectivity index is 1.23. The molecule has 3 aliphatic rings. The number of allylic oxidation sites excluding steroid dienone is 4. The molecule has 0 bridgehead atoms. The molecule has 1 aliphatic carbocycles. The summed E-state index contributed by atoms with van der Waals surface area (Å²) in [6.07, 6.45) is 16.8. The summed E-state index contributed by atoms with van der Waals surface area (Å²) in [6, 6.07) is 21.1. The monoisotopic (exact) mass is 532 g/mol. The molecule has 7 atom stereocenters. The molecule has 2 aromatic rings. The lowest BCUT2D eigenvalue weighted by Gasteiger charge is -2.37. The van der Waals surface area contributed by atoms with Gasteiger partial charge in [0.05, 0.1) is 12.2 Å². The molecule has 3 heteroatoms. The van der Waals surface area contributed by atoms with E-state index in [1.54, 1.807) is 0 Å². The van der Waals surface area contributed by atoms with Gasteiger partial charge in [-0.1, -0.05) is 80.8 Å². The molecule has 2 aliphatic heterocycles. The van der Waals surface area contributed by atoms with E-state index in [1.807, 2.05) is 18.2 Å². The van der Waals surface area contributed by atoms with E-state index in [0.29, 0.717) is 29.8 Å². The Hall–Kier alpha value is -3.19. The summed E-state index contributed by atoms with van der Waals surface area (Å²) in [5.41, 5.74) is 5.60. The van der Waals surface area contributed by atoms with Gasteiger partial charge in [0.1, 0.15) is 6.17 Å². The van der Waals surface area contributed by atoms with E-state index in [9.17, 15) is 0 Å². The van der Waals surface area contributed by atoms with Gasteiger partial charge >= 0.3 is 0 Å². The minimum Gasteiger partial charge on any atom is -0.374 e. The van der Waals surface area contributed by atoms with Crippen LogP contribution in [0.5, 0.6) is 0 Å². The molecule has 0 radical (unpaired) electrons. The van der Waals surface area contributed by atoms with Crippen LogP contribution in [0.1, 0.15) is 68.1 Å². The number of nitrogens with one attached hydrogen (secondary N) is 1. The van der Waals surface area contributed by atoms with Crippen molar-refractivity contribution < 1.29 is 4.74 Å². The van der Waals surface area contributed by atoms with E-state index in [1.165, 1.54) is 5.56 Å². The van der Waals surface area contributed by atoms with Gasteiger partial charge < -0.3 is 4.74 Å². The summed E-state index contributed by atoms with van der Waals surface area (Å²) >= 11 is 0. The van der Waals surface area contributed by atoms with Crippen molar-refractivity contribution in [1.82, 2.24) is 5.32 Å². The first kappa shape index (κ1) is 28.3. The summed E-state index contributed by atoms with van der Waals surface area (Å²) in [7, 11) is 0. The second-order valence-corrected chi connectivity index (χ2v) is 11.8. The predicted molar refractivity (Wildman–Crippen MR) is 167 cm³/mol. The lowest BCUT2D eigenvalue weighted by Crippen LogP contribution is -2.38. The molecule has 0 saturated carbocycles. The second kappa shape index (κ2) is 13.4. The Bertz CT molecular complexity index is 1210. The summed E-state index contributed by atoms with van der Waals surface area (Å²) in [4.78, 5) is 5.03. The molecule has 0 amide bonds. The fourth-order valence-corrected chi connectivity index (χ4v) is 6.63. The molecule has 5 rings (SSSR count). The summed E-state index contributed by atoms with van der Waals surface area (Å²) < 4.78 is 6.73. The Morgan fingerprint density at radius 1 is 1.20 bits per heavy atom. The minimum absolute atomic E-state index is 0.206. The van der Waals surface area contributed by atoms with Gasteiger partial charge in [-0.2, -0.15) is 0 Å². The van der Waals surface area contributed by atoms with Gasteiger partial charge in [0, 0.05) is 36.6 Å². The molecule has 2 aromatic carbocycles. The highest BCUT2D eigenvalue weighted by molar-refractivity contribution is 5.77. The first-order valence-electron chi connectivity index (χ1n) is 15.1. The smallest absolute Gasteiger partial charge is 0.103 e. The van der Waals surface area contributed by atoms with Crippen LogP contribution < -0.4 is 5.32 Å². The number of hydrogen-bond donors (Lipinski definition) is 1. The lowest BCUT2D eigenvalue weighted by atomic mass is 9.75. The van der Waals surface area contributed by atoms with E-state index < -0.39 is 0 Å². The van der Waals surface area contributed by atoms with E-state index >= 15 is 0 Å². The van der Waals surface area contributed by atoms with E-state index in [0.717, 1.165) is 73.8 Å². The summed E-state index contributed by atoms with van der Waals surface area (Å²) in [5.74, 6) is 1.79. The largest absolute Gasteiger partial charge is 0.374 e. The van der Waals surface area contributed by atoms with Gasteiger partial charge in [0.2, 0.25) is 0 Å². The highest BCUT2D eigenvalue weighted by Crippen LogP contribution is 2.42. The fourth-order valence-electron chi connectivity index (χ4n) is 6.63. The normalized spacial score (nSPS) is 26.9. The Labute approximate surface area is 241 Å². The molecule has 7 unspecified atom stereocenters. The third-order valence-corrected chi connectivity index (χ3v) is 9.18. The average Bonchev–Trinajstić information content (AvgIpc) is 3.43. The maximum absolute atomic E-state index is 6.73. The van der Waals surface area contributed by atoms with Gasteiger partial charge in [-0.3, -0.25) is 10.3 Å². The van der Waals surface area contributed by atoms with Crippen LogP contribution in [-0.2, 0) is 11.2 Å². The lowest BCUT2D eigenvalue weighted by molar-refractivity contribution is -0.0545. The Morgan fingerprint density at radius 3 is 2.77 bits per heavy atom. The highest BCUT2D eigenvalue weighted by Gasteiger charge is 2.42. The molecule has 1 N–H and O–H groups in total. The molecule has 0 aromatic heterocycles. The van der Waals surface area contributed by atoms with Crippen molar-refractivity contribution in [3.05, 3.63) is 115 Å². The fraction of sp³-hybridized carbons (Fsp3) is 0.432. The number of fused-ring (bicyclic) bond motifs is 1. The van der Waals surface area contributed by atoms with Gasteiger partial charge in [0.15, 0.2) is 0 Å². The molecular weight excluding hydrogens is 488 g/mol. The summed E-state index contributed by atoms with van der Waals surface area (Å²) in [5, 5.41) is 3.69. The predicted octanol–water partition coefficient (Wildman–Crippen LogP) is 7.92. The van der Waals surface area contributed by atoms with Crippen molar-refractivity contribution in [3.8, 4) is 0 Å². The van der Waals surface area contributed by atoms with Gasteiger partial charge in [-0.05, 0) is 84.8 Å². The molecule has 1 fully saturated rings. The number of benzene rings is 1. The molecule has 1 saturated heterocycles. The molecule has 0 spiro atoms. The van der Waals surface area contributed by atoms with Crippen molar-refractivity contribution in [2.24, 2.45) is 22.7 Å². The third kappa shape index (κ3) is 6.74. The van der Waals surface area contributed by atoms with Crippen LogP contribution in [0, 0.1) is 29.9 Å². The Morgan fingerprint density at radius 2 is 2.05 bits per heavy atom. The van der Waals surface area contributed by atoms with Crippen molar-refractivity contribution in [1.29, 1.82) is 0 Å². The van der Waals surface area contributed by atoms with Crippen LogP contribution in [0.25, 0.3) is 5.57 Å². The average molecular weight is 533 g/mol. The van der Waals surface area contributed by atoms with Crippen LogP contribution in [-0.4, -0.2) is 31.1 Å². The van der Waals surface area contributed by atoms with Crippen molar-refractivity contribution in [2.45, 2.75) is 76.2 Å². The minimum atomic E-state index is 0.206. The van der Waals surface area contributed by atoms with Gasteiger partial charge in [0.25, 0.3) is 0 Å². The van der Waals surface area contributed by atoms with E-state index in [4.69, 9.17) is 9.73 Å². The second-order valence-electron chi connectivity index (χ2n) is 11.8. The quantitative estimate of drug-likeness (QED) is 0.223. The van der Waals surface area contributed by atoms with Crippen LogP contribution >= 0.6 is 0 Å². The molecule has 208 valence electrons. The zero-order valence-electron chi connectivity index (χ0n) is 24.0. The first-order chi connectivity index (χ1) is 19.5. The first-order valence-corrected chi connectivity index (χ1v) is 15.1. The number of rotatable bonds is 12. The van der Waals surface area contributed by atoms with Crippen molar-refractivity contribution >= 4 is 11.8 Å². The van der Waals surface area contributed by atoms with E-state index in [2.05, 4.69) is 92.8 Å². The van der Waals surface area contributed by atoms with Crippen LogP contribution in [0.3, 0.4) is 0 Å². The number of hydrogen-bond acceptors (Lipinski definition) is 3. The topological polar surface area (TPSA) is 33.6 Å². The summed E-state index contributed by atoms with van der Waals surface area (Å²) in [6.45, 7) is 15.9. The number of nitrogens with zero attached hydrogens (tertiary/aromatic N) is 1. The highest BCUT2D eigenvalue weighted by atomic mass is 16.5. The van der Waals surface area contributed by atoms with Crippen LogP contribution in [0.2, 0.25) is 0 Å². The van der Waals surface area contributed by atoms with Crippen molar-refractivity contribution in [3.63, 3.8) is 0 Å². The number of aliphatic imine (C=N–C) groups is 1. The van der Waals surface area contributed by atoms with Crippen LogP contribution in [0.4, 0.5) is 0 Å². The van der Waals surface area contributed by atoms with Gasteiger partial charge in [-0.15, -0.1) is 6.58 Å². The maximum Gasteiger partial charge on any atom is 0.103 e. The maximum atomic E-state index is 6.73. The SMILES string of the molecule is C=CCCC(OC1CC=CCC1)C(C)C1C=NC2NCC(c3ccc(C(=C)C(=C)Cc4c#cccc4)cc3)C2C1. The Kier molecular flexibility index (Phi) is 9.53. The molecule has 2 heterocycles. The number of ether oxygens (including phenoxy) is 1. The van der Waals surface area contributed by atoms with E-state index in [-0.39, 0.29) is 12.3 Å². The van der Waals surface area contributed by atoms with Gasteiger partial charge in [-0.25, -0.2) is 0 Å². The standard InChI is InChI=1S/C37H44N2O/c1-5-6-17-36(40-33-15-11-8-12-16-33)28(4)32-23-34-35(25-39-37(34)38-24-32)31-20-18-30(19-21-31)27(3)26(2)22-29-13-9-7-10-14-29/h5,7-9,11,13,18-21,24,28,32-37,39H,1-3,6,12,15-17,22-23,25H2,4H3. The zero-order valence-corrected chi connectivity index (χ0v) is 24.0. The molecule has 40 heavy (non-hydrogen) atoms.